The SMILES string of the molecule is Cc1cc(C)n2nc(C(=O)NCc3ccc(-c4ccc(Cl)cc4)o3)nc2n1. The van der Waals surface area contributed by atoms with Gasteiger partial charge in [0, 0.05) is 22.0 Å². The average molecular weight is 382 g/mol. The van der Waals surface area contributed by atoms with Crippen molar-refractivity contribution in [1.82, 2.24) is 24.9 Å². The van der Waals surface area contributed by atoms with Gasteiger partial charge in [-0.25, -0.2) is 9.50 Å². The zero-order valence-corrected chi connectivity index (χ0v) is 15.5. The van der Waals surface area contributed by atoms with Crippen molar-refractivity contribution in [2.45, 2.75) is 20.4 Å². The lowest BCUT2D eigenvalue weighted by atomic mass is 10.2. The molecule has 0 unspecified atom stereocenters. The normalized spacial score (nSPS) is 11.1. The fraction of sp³-hybridized carbons (Fsp3) is 0.158. The Bertz CT molecular complexity index is 1130. The van der Waals surface area contributed by atoms with Crippen LogP contribution in [0.5, 0.6) is 0 Å². The molecule has 0 saturated carbocycles. The van der Waals surface area contributed by atoms with Gasteiger partial charge in [-0.1, -0.05) is 11.6 Å². The smallest absolute Gasteiger partial charge is 0.291 e. The molecule has 8 heteroatoms. The summed E-state index contributed by atoms with van der Waals surface area (Å²) < 4.78 is 7.32. The van der Waals surface area contributed by atoms with Crippen molar-refractivity contribution in [3.05, 3.63) is 70.5 Å². The molecule has 0 aliphatic heterocycles. The average Bonchev–Trinajstić information content (AvgIpc) is 3.27. The number of aromatic nitrogens is 4. The van der Waals surface area contributed by atoms with E-state index in [9.17, 15) is 4.79 Å². The third-order valence-electron chi connectivity index (χ3n) is 4.03. The molecule has 0 fully saturated rings. The third kappa shape index (κ3) is 3.54. The van der Waals surface area contributed by atoms with Gasteiger partial charge in [0.2, 0.25) is 5.82 Å². The van der Waals surface area contributed by atoms with Crippen LogP contribution in [0.4, 0.5) is 0 Å². The minimum atomic E-state index is -0.387. The Hall–Kier alpha value is -3.19. The highest BCUT2D eigenvalue weighted by Gasteiger charge is 2.15. The van der Waals surface area contributed by atoms with Crippen molar-refractivity contribution in [2.75, 3.05) is 0 Å². The van der Waals surface area contributed by atoms with Crippen LogP contribution in [0.2, 0.25) is 5.02 Å². The molecular weight excluding hydrogens is 366 g/mol. The summed E-state index contributed by atoms with van der Waals surface area (Å²) in [6.07, 6.45) is 0. The molecule has 0 atom stereocenters. The lowest BCUT2D eigenvalue weighted by Gasteiger charge is -2.00. The van der Waals surface area contributed by atoms with Crippen LogP contribution < -0.4 is 5.32 Å². The zero-order chi connectivity index (χ0) is 19.0. The number of aryl methyl sites for hydroxylation is 2. The molecule has 0 radical (unpaired) electrons. The standard InChI is InChI=1S/C19H16ClN5O2/c1-11-9-12(2)25-19(22-11)23-17(24-25)18(26)21-10-15-7-8-16(27-15)13-3-5-14(20)6-4-13/h3-9H,10H2,1-2H3,(H,21,26). The summed E-state index contributed by atoms with van der Waals surface area (Å²) in [6, 6.07) is 12.9. The van der Waals surface area contributed by atoms with Gasteiger partial charge in [0.25, 0.3) is 11.7 Å². The van der Waals surface area contributed by atoms with E-state index < -0.39 is 0 Å². The second kappa shape index (κ2) is 6.85. The van der Waals surface area contributed by atoms with Crippen LogP contribution >= 0.6 is 11.6 Å². The van der Waals surface area contributed by atoms with E-state index in [1.807, 2.05) is 44.2 Å². The molecule has 4 rings (SSSR count). The van der Waals surface area contributed by atoms with Crippen LogP contribution in [0, 0.1) is 13.8 Å². The molecule has 4 aromatic rings. The number of furan rings is 1. The van der Waals surface area contributed by atoms with Gasteiger partial charge >= 0.3 is 0 Å². The van der Waals surface area contributed by atoms with E-state index >= 15 is 0 Å². The minimum absolute atomic E-state index is 0.0701. The number of amides is 1. The number of hydrogen-bond donors (Lipinski definition) is 1. The number of fused-ring (bicyclic) bond motifs is 1. The summed E-state index contributed by atoms with van der Waals surface area (Å²) in [5, 5.41) is 7.64. The van der Waals surface area contributed by atoms with Crippen LogP contribution in [0.15, 0.2) is 46.9 Å². The molecule has 7 nitrogen and oxygen atoms in total. The topological polar surface area (TPSA) is 85.3 Å². The Morgan fingerprint density at radius 1 is 1.15 bits per heavy atom. The lowest BCUT2D eigenvalue weighted by molar-refractivity contribution is 0.0938. The Kier molecular flexibility index (Phi) is 4.37. The summed E-state index contributed by atoms with van der Waals surface area (Å²) in [5.41, 5.74) is 2.60. The van der Waals surface area contributed by atoms with Gasteiger partial charge in [0.1, 0.15) is 11.5 Å². The fourth-order valence-corrected chi connectivity index (χ4v) is 2.88. The summed E-state index contributed by atoms with van der Waals surface area (Å²) in [4.78, 5) is 20.8. The van der Waals surface area contributed by atoms with E-state index in [-0.39, 0.29) is 18.3 Å². The zero-order valence-electron chi connectivity index (χ0n) is 14.7. The van der Waals surface area contributed by atoms with Crippen LogP contribution in [-0.4, -0.2) is 25.5 Å². The van der Waals surface area contributed by atoms with Gasteiger partial charge in [0.15, 0.2) is 0 Å². The van der Waals surface area contributed by atoms with E-state index in [0.29, 0.717) is 22.3 Å². The van der Waals surface area contributed by atoms with Crippen LogP contribution in [0.1, 0.15) is 27.8 Å². The molecule has 3 aromatic heterocycles. The number of carbonyl (C=O) groups excluding carboxylic acids is 1. The molecule has 0 saturated heterocycles. The minimum Gasteiger partial charge on any atom is -0.459 e. The first kappa shape index (κ1) is 17.2. The monoisotopic (exact) mass is 381 g/mol. The van der Waals surface area contributed by atoms with Crippen molar-refractivity contribution < 1.29 is 9.21 Å². The Labute approximate surface area is 160 Å². The first-order chi connectivity index (χ1) is 13.0. The molecule has 0 aliphatic carbocycles. The van der Waals surface area contributed by atoms with Crippen LogP contribution in [-0.2, 0) is 6.54 Å². The third-order valence-corrected chi connectivity index (χ3v) is 4.29. The first-order valence-electron chi connectivity index (χ1n) is 8.33. The van der Waals surface area contributed by atoms with Crippen molar-refractivity contribution in [3.8, 4) is 11.3 Å². The highest BCUT2D eigenvalue weighted by atomic mass is 35.5. The second-order valence-electron chi connectivity index (χ2n) is 6.14. The van der Waals surface area contributed by atoms with E-state index in [1.54, 1.807) is 16.6 Å². The molecule has 136 valence electrons. The second-order valence-corrected chi connectivity index (χ2v) is 6.58. The number of halogens is 1. The molecule has 27 heavy (non-hydrogen) atoms. The molecule has 0 aliphatic rings. The molecule has 0 bridgehead atoms. The Balaban J connectivity index is 1.47. The van der Waals surface area contributed by atoms with Gasteiger partial charge in [-0.2, -0.15) is 4.98 Å². The largest absolute Gasteiger partial charge is 0.459 e. The van der Waals surface area contributed by atoms with Gasteiger partial charge in [-0.05, 0) is 56.3 Å². The molecule has 1 N–H and O–H groups in total. The van der Waals surface area contributed by atoms with Gasteiger partial charge < -0.3 is 9.73 Å². The Morgan fingerprint density at radius 2 is 1.93 bits per heavy atom. The molecule has 1 amide bonds. The highest BCUT2D eigenvalue weighted by molar-refractivity contribution is 6.30. The predicted molar refractivity (Wildman–Crippen MR) is 101 cm³/mol. The van der Waals surface area contributed by atoms with E-state index in [2.05, 4.69) is 20.4 Å². The number of hydrogen-bond acceptors (Lipinski definition) is 5. The molecular formula is C19H16ClN5O2. The van der Waals surface area contributed by atoms with Crippen LogP contribution in [0.25, 0.3) is 17.1 Å². The van der Waals surface area contributed by atoms with E-state index in [1.165, 1.54) is 0 Å². The fourth-order valence-electron chi connectivity index (χ4n) is 2.75. The van der Waals surface area contributed by atoms with E-state index in [4.69, 9.17) is 16.0 Å². The van der Waals surface area contributed by atoms with Crippen LogP contribution in [0.3, 0.4) is 0 Å². The molecule has 0 spiro atoms. The number of carbonyl (C=O) groups is 1. The number of benzene rings is 1. The van der Waals surface area contributed by atoms with E-state index in [0.717, 1.165) is 17.0 Å². The molecule has 1 aromatic carbocycles. The maximum Gasteiger partial charge on any atom is 0.291 e. The summed E-state index contributed by atoms with van der Waals surface area (Å²) in [5.74, 6) is 1.42. The summed E-state index contributed by atoms with van der Waals surface area (Å²) in [6.45, 7) is 3.99. The van der Waals surface area contributed by atoms with Gasteiger partial charge in [-0.3, -0.25) is 4.79 Å². The first-order valence-corrected chi connectivity index (χ1v) is 8.71. The lowest BCUT2D eigenvalue weighted by Crippen LogP contribution is -2.23. The summed E-state index contributed by atoms with van der Waals surface area (Å²) >= 11 is 5.90. The predicted octanol–water partition coefficient (Wildman–Crippen LogP) is 3.58. The highest BCUT2D eigenvalue weighted by Crippen LogP contribution is 2.23. The summed E-state index contributed by atoms with van der Waals surface area (Å²) in [7, 11) is 0. The quantitative estimate of drug-likeness (QED) is 0.584. The molecule has 3 heterocycles. The van der Waals surface area contributed by atoms with Crippen molar-refractivity contribution in [3.63, 3.8) is 0 Å². The van der Waals surface area contributed by atoms with Crippen molar-refractivity contribution in [1.29, 1.82) is 0 Å². The maximum atomic E-state index is 12.4. The Morgan fingerprint density at radius 3 is 2.70 bits per heavy atom. The maximum absolute atomic E-state index is 12.4. The van der Waals surface area contributed by atoms with Gasteiger partial charge in [-0.15, -0.1) is 5.10 Å². The van der Waals surface area contributed by atoms with Crippen molar-refractivity contribution >= 4 is 23.3 Å². The number of rotatable bonds is 4. The van der Waals surface area contributed by atoms with Gasteiger partial charge in [0.05, 0.1) is 6.54 Å². The van der Waals surface area contributed by atoms with Crippen molar-refractivity contribution in [2.24, 2.45) is 0 Å². The number of nitrogens with zero attached hydrogens (tertiary/aromatic N) is 4. The number of nitrogens with one attached hydrogen (secondary N) is 1.